The maximum atomic E-state index is 12.3. The summed E-state index contributed by atoms with van der Waals surface area (Å²) in [4.78, 5) is 12.3. The molecule has 3 rings (SSSR count). The normalized spacial score (nSPS) is 22.9. The summed E-state index contributed by atoms with van der Waals surface area (Å²) in [6, 6.07) is 9.95. The molecule has 0 atom stereocenters. The Morgan fingerprint density at radius 2 is 1.82 bits per heavy atom. The maximum absolute atomic E-state index is 12.3. The van der Waals surface area contributed by atoms with Gasteiger partial charge >= 0.3 is 0 Å². The first-order valence-electron chi connectivity index (χ1n) is 6.20. The van der Waals surface area contributed by atoms with Crippen LogP contribution in [-0.2, 0) is 10.2 Å². The SMILES string of the molecule is O=C(NC1(CO)CC1)C1(c2ccccc2)CC1. The van der Waals surface area contributed by atoms with Crippen LogP contribution in [0.1, 0.15) is 31.2 Å². The number of aliphatic hydroxyl groups is 1. The van der Waals surface area contributed by atoms with Gasteiger partial charge in [0.2, 0.25) is 5.91 Å². The van der Waals surface area contributed by atoms with Gasteiger partial charge in [-0.2, -0.15) is 0 Å². The van der Waals surface area contributed by atoms with Crippen molar-refractivity contribution >= 4 is 5.91 Å². The van der Waals surface area contributed by atoms with Crippen molar-refractivity contribution in [1.82, 2.24) is 5.32 Å². The van der Waals surface area contributed by atoms with E-state index < -0.39 is 0 Å². The summed E-state index contributed by atoms with van der Waals surface area (Å²) in [6.07, 6.45) is 3.65. The van der Waals surface area contributed by atoms with E-state index in [9.17, 15) is 9.90 Å². The lowest BCUT2D eigenvalue weighted by atomic mass is 9.94. The van der Waals surface area contributed by atoms with Crippen LogP contribution in [0, 0.1) is 0 Å². The first-order valence-corrected chi connectivity index (χ1v) is 6.20. The Hall–Kier alpha value is -1.35. The molecule has 1 amide bonds. The molecular weight excluding hydrogens is 214 g/mol. The van der Waals surface area contributed by atoms with Gasteiger partial charge in [-0.3, -0.25) is 4.79 Å². The molecule has 2 N–H and O–H groups in total. The zero-order valence-electron chi connectivity index (χ0n) is 9.78. The van der Waals surface area contributed by atoms with Gasteiger partial charge in [-0.15, -0.1) is 0 Å². The molecule has 0 radical (unpaired) electrons. The highest BCUT2D eigenvalue weighted by Gasteiger charge is 2.54. The molecule has 0 aliphatic heterocycles. The van der Waals surface area contributed by atoms with Gasteiger partial charge < -0.3 is 10.4 Å². The number of rotatable bonds is 4. The van der Waals surface area contributed by atoms with E-state index in [1.165, 1.54) is 0 Å². The number of benzene rings is 1. The van der Waals surface area contributed by atoms with Crippen molar-refractivity contribution in [3.63, 3.8) is 0 Å². The van der Waals surface area contributed by atoms with Crippen molar-refractivity contribution in [2.75, 3.05) is 6.61 Å². The molecule has 2 saturated carbocycles. The molecule has 0 spiro atoms. The van der Waals surface area contributed by atoms with E-state index in [0.29, 0.717) is 0 Å². The third-order valence-electron chi connectivity index (χ3n) is 4.05. The molecule has 90 valence electrons. The van der Waals surface area contributed by atoms with Crippen LogP contribution in [0.15, 0.2) is 30.3 Å². The topological polar surface area (TPSA) is 49.3 Å². The van der Waals surface area contributed by atoms with Gasteiger partial charge in [0.1, 0.15) is 0 Å². The molecule has 3 heteroatoms. The minimum Gasteiger partial charge on any atom is -0.394 e. The van der Waals surface area contributed by atoms with Gasteiger partial charge in [-0.25, -0.2) is 0 Å². The Balaban J connectivity index is 1.78. The number of nitrogens with one attached hydrogen (secondary N) is 1. The number of carbonyl (C=O) groups excluding carboxylic acids is 1. The van der Waals surface area contributed by atoms with Gasteiger partial charge in [0, 0.05) is 0 Å². The van der Waals surface area contributed by atoms with Gasteiger partial charge in [0.25, 0.3) is 0 Å². The largest absolute Gasteiger partial charge is 0.394 e. The van der Waals surface area contributed by atoms with E-state index in [0.717, 1.165) is 31.2 Å². The average Bonchev–Trinajstić information content (AvgIpc) is 3.26. The Bertz CT molecular complexity index is 433. The maximum Gasteiger partial charge on any atom is 0.231 e. The molecule has 0 aromatic heterocycles. The molecule has 17 heavy (non-hydrogen) atoms. The Labute approximate surface area is 101 Å². The molecule has 2 aliphatic rings. The second kappa shape index (κ2) is 3.57. The van der Waals surface area contributed by atoms with Crippen LogP contribution in [0.5, 0.6) is 0 Å². The highest BCUT2D eigenvalue weighted by molar-refractivity contribution is 5.92. The third-order valence-corrected chi connectivity index (χ3v) is 4.05. The zero-order chi connectivity index (χ0) is 11.9. The van der Waals surface area contributed by atoms with Crippen molar-refractivity contribution in [3.8, 4) is 0 Å². The molecular formula is C14H17NO2. The lowest BCUT2D eigenvalue weighted by Gasteiger charge is -2.20. The van der Waals surface area contributed by atoms with Crippen molar-refractivity contribution in [3.05, 3.63) is 35.9 Å². The van der Waals surface area contributed by atoms with Crippen LogP contribution in [0.4, 0.5) is 0 Å². The molecule has 0 heterocycles. The van der Waals surface area contributed by atoms with E-state index in [4.69, 9.17) is 0 Å². The number of hydrogen-bond donors (Lipinski definition) is 2. The summed E-state index contributed by atoms with van der Waals surface area (Å²) >= 11 is 0. The summed E-state index contributed by atoms with van der Waals surface area (Å²) in [5, 5.41) is 12.3. The summed E-state index contributed by atoms with van der Waals surface area (Å²) in [5.74, 6) is 0.0928. The number of aliphatic hydroxyl groups excluding tert-OH is 1. The van der Waals surface area contributed by atoms with E-state index in [1.807, 2.05) is 30.3 Å². The highest BCUT2D eigenvalue weighted by Crippen LogP contribution is 2.49. The Kier molecular flexibility index (Phi) is 2.26. The zero-order valence-corrected chi connectivity index (χ0v) is 9.78. The quantitative estimate of drug-likeness (QED) is 0.822. The van der Waals surface area contributed by atoms with E-state index in [2.05, 4.69) is 5.32 Å². The first kappa shape index (κ1) is 10.8. The van der Waals surface area contributed by atoms with Crippen LogP contribution in [-0.4, -0.2) is 23.2 Å². The monoisotopic (exact) mass is 231 g/mol. The molecule has 0 unspecified atom stereocenters. The lowest BCUT2D eigenvalue weighted by molar-refractivity contribution is -0.124. The predicted octanol–water partition coefficient (Wildman–Crippen LogP) is 1.36. The minimum atomic E-state index is -0.313. The summed E-state index contributed by atoms with van der Waals surface area (Å²) in [7, 11) is 0. The molecule has 2 aliphatic carbocycles. The van der Waals surface area contributed by atoms with Crippen molar-refractivity contribution in [1.29, 1.82) is 0 Å². The average molecular weight is 231 g/mol. The Morgan fingerprint density at radius 1 is 1.18 bits per heavy atom. The standard InChI is InChI=1S/C14H17NO2/c16-10-13(6-7-13)15-12(17)14(8-9-14)11-4-2-1-3-5-11/h1-5,16H,6-10H2,(H,15,17). The van der Waals surface area contributed by atoms with Crippen molar-refractivity contribution in [2.45, 2.75) is 36.6 Å². The Morgan fingerprint density at radius 3 is 2.29 bits per heavy atom. The molecule has 1 aromatic rings. The summed E-state index contributed by atoms with van der Waals surface area (Å²) < 4.78 is 0. The fourth-order valence-electron chi connectivity index (χ4n) is 2.36. The molecule has 3 nitrogen and oxygen atoms in total. The summed E-state index contributed by atoms with van der Waals surface area (Å²) in [5.41, 5.74) is 0.485. The van der Waals surface area contributed by atoms with E-state index in [1.54, 1.807) is 0 Å². The fourth-order valence-corrected chi connectivity index (χ4v) is 2.36. The number of hydrogen-bond acceptors (Lipinski definition) is 2. The lowest BCUT2D eigenvalue weighted by Crippen LogP contribution is -2.45. The summed E-state index contributed by atoms with van der Waals surface area (Å²) in [6.45, 7) is 0.0591. The van der Waals surface area contributed by atoms with E-state index >= 15 is 0 Å². The first-order chi connectivity index (χ1) is 8.21. The minimum absolute atomic E-state index is 0.0591. The van der Waals surface area contributed by atoms with Gasteiger partial charge in [-0.1, -0.05) is 30.3 Å². The van der Waals surface area contributed by atoms with Gasteiger partial charge in [0.05, 0.1) is 17.6 Å². The number of amides is 1. The van der Waals surface area contributed by atoms with Gasteiger partial charge in [-0.05, 0) is 31.2 Å². The third kappa shape index (κ3) is 1.75. The van der Waals surface area contributed by atoms with Crippen molar-refractivity contribution in [2.24, 2.45) is 0 Å². The van der Waals surface area contributed by atoms with Crippen LogP contribution < -0.4 is 5.32 Å². The molecule has 0 bridgehead atoms. The molecule has 2 fully saturated rings. The smallest absolute Gasteiger partial charge is 0.231 e. The van der Waals surface area contributed by atoms with Crippen LogP contribution in [0.25, 0.3) is 0 Å². The highest BCUT2D eigenvalue weighted by atomic mass is 16.3. The van der Waals surface area contributed by atoms with Crippen molar-refractivity contribution < 1.29 is 9.90 Å². The van der Waals surface area contributed by atoms with Crippen LogP contribution >= 0.6 is 0 Å². The van der Waals surface area contributed by atoms with Crippen LogP contribution in [0.3, 0.4) is 0 Å². The van der Waals surface area contributed by atoms with E-state index in [-0.39, 0.29) is 23.5 Å². The predicted molar refractivity (Wildman–Crippen MR) is 64.5 cm³/mol. The van der Waals surface area contributed by atoms with Gasteiger partial charge in [0.15, 0.2) is 0 Å². The van der Waals surface area contributed by atoms with Crippen LogP contribution in [0.2, 0.25) is 0 Å². The molecule has 1 aromatic carbocycles. The number of carbonyl (C=O) groups is 1. The second-order valence-electron chi connectivity index (χ2n) is 5.34. The molecule has 0 saturated heterocycles. The fraction of sp³-hybridized carbons (Fsp3) is 0.500. The second-order valence-corrected chi connectivity index (χ2v) is 5.34.